The molecule has 0 bridgehead atoms. The van der Waals surface area contributed by atoms with Gasteiger partial charge in [0.2, 0.25) is 0 Å². The van der Waals surface area contributed by atoms with E-state index in [1.807, 2.05) is 32.9 Å². The zero-order valence-electron chi connectivity index (χ0n) is 15.1. The number of rotatable bonds is 5. The fraction of sp³-hybridized carbons (Fsp3) is 0.300. The lowest BCUT2D eigenvalue weighted by atomic mass is 9.87. The van der Waals surface area contributed by atoms with Gasteiger partial charge < -0.3 is 9.47 Å². The van der Waals surface area contributed by atoms with Crippen LogP contribution in [0.2, 0.25) is 10.0 Å². The third-order valence-electron chi connectivity index (χ3n) is 3.46. The third kappa shape index (κ3) is 5.48. The molecule has 0 spiro atoms. The number of aromatic nitrogens is 1. The smallest absolute Gasteiger partial charge is 0.303 e. The summed E-state index contributed by atoms with van der Waals surface area (Å²) < 4.78 is 11.6. The summed E-state index contributed by atoms with van der Waals surface area (Å²) in [6.07, 6.45) is 4.49. The van der Waals surface area contributed by atoms with Crippen molar-refractivity contribution in [2.24, 2.45) is 5.41 Å². The van der Waals surface area contributed by atoms with Gasteiger partial charge in [0, 0.05) is 24.7 Å². The maximum Gasteiger partial charge on any atom is 0.303 e. The molecule has 0 saturated heterocycles. The van der Waals surface area contributed by atoms with Crippen LogP contribution in [0.1, 0.15) is 33.3 Å². The number of carbonyl (C=O) groups is 1. The molecule has 1 unspecified atom stereocenters. The monoisotopic (exact) mass is 393 g/mol. The van der Waals surface area contributed by atoms with Gasteiger partial charge in [0.25, 0.3) is 0 Å². The predicted molar refractivity (Wildman–Crippen MR) is 104 cm³/mol. The number of carbonyl (C=O) groups excluding carboxylic acids is 1. The van der Waals surface area contributed by atoms with Gasteiger partial charge in [-0.25, -0.2) is 0 Å². The van der Waals surface area contributed by atoms with Crippen LogP contribution in [0.25, 0.3) is 6.08 Å². The number of hydrogen-bond donors (Lipinski definition) is 0. The van der Waals surface area contributed by atoms with E-state index in [9.17, 15) is 4.79 Å². The molecule has 1 aromatic heterocycles. The minimum Gasteiger partial charge on any atom is -0.455 e. The Morgan fingerprint density at radius 2 is 1.81 bits per heavy atom. The first-order valence-electron chi connectivity index (χ1n) is 8.09. The zero-order chi connectivity index (χ0) is 19.3. The second-order valence-corrected chi connectivity index (χ2v) is 7.66. The fourth-order valence-electron chi connectivity index (χ4n) is 2.31. The Morgan fingerprint density at radius 1 is 1.15 bits per heavy atom. The molecule has 0 aliphatic heterocycles. The average Bonchev–Trinajstić information content (AvgIpc) is 2.55. The third-order valence-corrected chi connectivity index (χ3v) is 4.06. The van der Waals surface area contributed by atoms with Crippen molar-refractivity contribution in [1.82, 2.24) is 4.98 Å². The summed E-state index contributed by atoms with van der Waals surface area (Å²) in [4.78, 5) is 15.8. The van der Waals surface area contributed by atoms with E-state index in [0.717, 1.165) is 5.56 Å². The van der Waals surface area contributed by atoms with E-state index in [0.29, 0.717) is 21.6 Å². The molecule has 0 N–H and O–H groups in total. The van der Waals surface area contributed by atoms with Crippen molar-refractivity contribution in [3.8, 4) is 5.75 Å². The molecule has 138 valence electrons. The van der Waals surface area contributed by atoms with Crippen LogP contribution in [-0.2, 0) is 9.53 Å². The minimum absolute atomic E-state index is 0.312. The summed E-state index contributed by atoms with van der Waals surface area (Å²) in [5, 5.41) is 0.732. The van der Waals surface area contributed by atoms with E-state index in [1.54, 1.807) is 36.7 Å². The molecule has 0 amide bonds. The lowest BCUT2D eigenvalue weighted by molar-refractivity contribution is -0.150. The van der Waals surface area contributed by atoms with Crippen molar-refractivity contribution < 1.29 is 14.3 Å². The molecule has 1 atom stereocenters. The van der Waals surface area contributed by atoms with Crippen LogP contribution < -0.4 is 4.74 Å². The number of hydrogen-bond acceptors (Lipinski definition) is 4. The van der Waals surface area contributed by atoms with Crippen LogP contribution in [0.15, 0.2) is 48.5 Å². The van der Waals surface area contributed by atoms with E-state index in [2.05, 4.69) is 4.98 Å². The maximum atomic E-state index is 11.7. The molecule has 1 heterocycles. The molecule has 6 heteroatoms. The summed E-state index contributed by atoms with van der Waals surface area (Å²) in [7, 11) is 0. The first-order valence-corrected chi connectivity index (χ1v) is 8.85. The van der Waals surface area contributed by atoms with Gasteiger partial charge in [-0.15, -0.1) is 0 Å². The van der Waals surface area contributed by atoms with Gasteiger partial charge in [-0.05, 0) is 29.8 Å². The van der Waals surface area contributed by atoms with Crippen LogP contribution in [0.4, 0.5) is 0 Å². The highest BCUT2D eigenvalue weighted by atomic mass is 35.5. The number of nitrogens with zero attached hydrogens (tertiary/aromatic N) is 1. The van der Waals surface area contributed by atoms with Crippen molar-refractivity contribution in [1.29, 1.82) is 0 Å². The number of halogens is 2. The van der Waals surface area contributed by atoms with Crippen molar-refractivity contribution >= 4 is 35.2 Å². The van der Waals surface area contributed by atoms with Crippen LogP contribution in [0.3, 0.4) is 0 Å². The Bertz CT molecular complexity index is 778. The van der Waals surface area contributed by atoms with Crippen molar-refractivity contribution in [2.45, 2.75) is 33.8 Å². The molecule has 26 heavy (non-hydrogen) atoms. The molecule has 0 radical (unpaired) electrons. The Labute approximate surface area is 163 Å². The van der Waals surface area contributed by atoms with Crippen molar-refractivity contribution in [3.05, 3.63) is 64.1 Å². The molecule has 0 aliphatic rings. The molecular weight excluding hydrogens is 373 g/mol. The highest BCUT2D eigenvalue weighted by Gasteiger charge is 2.33. The molecular formula is C20H21Cl2NO3. The standard InChI is InChI=1S/C20H21Cl2NO3/c1-13(24)25-19(20(2,3)4)17(11-14-7-6-10-23-12-14)26-18-15(21)8-5-9-16(18)22/h5-12,19H,1-4H3. The number of esters is 1. The SMILES string of the molecule is CC(=O)OC(C(=Cc1cccnc1)Oc1c(Cl)cccc1Cl)C(C)(C)C. The number of pyridine rings is 1. The summed E-state index contributed by atoms with van der Waals surface area (Å²) in [5.74, 6) is 0.318. The Morgan fingerprint density at radius 3 is 2.31 bits per heavy atom. The van der Waals surface area contributed by atoms with Gasteiger partial charge in [0.1, 0.15) is 5.76 Å². The van der Waals surface area contributed by atoms with Crippen molar-refractivity contribution in [3.63, 3.8) is 0 Å². The quantitative estimate of drug-likeness (QED) is 0.476. The largest absolute Gasteiger partial charge is 0.455 e. The first kappa shape index (κ1) is 20.3. The second-order valence-electron chi connectivity index (χ2n) is 6.84. The Kier molecular flexibility index (Phi) is 6.68. The molecule has 2 rings (SSSR count). The summed E-state index contributed by atoms with van der Waals surface area (Å²) in [6, 6.07) is 8.78. The zero-order valence-corrected chi connectivity index (χ0v) is 16.6. The lowest BCUT2D eigenvalue weighted by Crippen LogP contribution is -2.34. The highest BCUT2D eigenvalue weighted by Crippen LogP contribution is 2.37. The predicted octanol–water partition coefficient (Wildman–Crippen LogP) is 5.79. The Balaban J connectivity index is 2.54. The van der Waals surface area contributed by atoms with E-state index in [4.69, 9.17) is 32.7 Å². The topological polar surface area (TPSA) is 48.4 Å². The number of ether oxygens (including phenoxy) is 2. The molecule has 4 nitrogen and oxygen atoms in total. The van der Waals surface area contributed by atoms with E-state index < -0.39 is 17.5 Å². The highest BCUT2D eigenvalue weighted by molar-refractivity contribution is 6.37. The van der Waals surface area contributed by atoms with Gasteiger partial charge in [0.15, 0.2) is 11.9 Å². The molecule has 0 saturated carbocycles. The lowest BCUT2D eigenvalue weighted by Gasteiger charge is -2.31. The van der Waals surface area contributed by atoms with Gasteiger partial charge in [-0.1, -0.05) is 56.1 Å². The van der Waals surface area contributed by atoms with Crippen LogP contribution >= 0.6 is 23.2 Å². The van der Waals surface area contributed by atoms with E-state index in [-0.39, 0.29) is 0 Å². The summed E-state index contributed by atoms with van der Waals surface area (Å²) >= 11 is 12.5. The molecule has 0 aliphatic carbocycles. The van der Waals surface area contributed by atoms with Crippen LogP contribution in [0.5, 0.6) is 5.75 Å². The average molecular weight is 394 g/mol. The molecule has 2 aromatic rings. The van der Waals surface area contributed by atoms with Crippen molar-refractivity contribution in [2.75, 3.05) is 0 Å². The van der Waals surface area contributed by atoms with Crippen LogP contribution in [0, 0.1) is 5.41 Å². The number of benzene rings is 1. The molecule has 1 aromatic carbocycles. The van der Waals surface area contributed by atoms with Gasteiger partial charge in [-0.3, -0.25) is 9.78 Å². The second kappa shape index (κ2) is 8.56. The van der Waals surface area contributed by atoms with Gasteiger partial charge >= 0.3 is 5.97 Å². The fourth-order valence-corrected chi connectivity index (χ4v) is 2.78. The number of para-hydroxylation sites is 1. The minimum atomic E-state index is -0.646. The first-order chi connectivity index (χ1) is 12.2. The summed E-state index contributed by atoms with van der Waals surface area (Å²) in [6.45, 7) is 7.22. The normalized spacial score (nSPS) is 13.2. The summed E-state index contributed by atoms with van der Waals surface area (Å²) in [5.41, 5.74) is 0.375. The molecule has 0 fully saturated rings. The Hall–Kier alpha value is -2.04. The van der Waals surface area contributed by atoms with Crippen LogP contribution in [-0.4, -0.2) is 17.1 Å². The van der Waals surface area contributed by atoms with Gasteiger partial charge in [-0.2, -0.15) is 0 Å². The van der Waals surface area contributed by atoms with Gasteiger partial charge in [0.05, 0.1) is 10.0 Å². The van der Waals surface area contributed by atoms with E-state index in [1.165, 1.54) is 6.92 Å². The maximum absolute atomic E-state index is 11.7. The van der Waals surface area contributed by atoms with E-state index >= 15 is 0 Å².